The lowest BCUT2D eigenvalue weighted by Crippen LogP contribution is -2.43. The van der Waals surface area contributed by atoms with Gasteiger partial charge in [0, 0.05) is 55.2 Å². The topological polar surface area (TPSA) is 58.0 Å². The summed E-state index contributed by atoms with van der Waals surface area (Å²) in [4.78, 5) is 23.6. The highest BCUT2D eigenvalue weighted by atomic mass is 15.2. The Bertz CT molecular complexity index is 1070. The van der Waals surface area contributed by atoms with Gasteiger partial charge in [-0.2, -0.15) is 0 Å². The molecule has 1 spiro atoms. The molecule has 0 bridgehead atoms. The normalized spacial score (nSPS) is 22.1. The Morgan fingerprint density at radius 3 is 2.38 bits per heavy atom. The highest BCUT2D eigenvalue weighted by molar-refractivity contribution is 5.90. The third kappa shape index (κ3) is 3.75. The molecule has 0 unspecified atom stereocenters. The molecule has 6 rings (SSSR count). The van der Waals surface area contributed by atoms with E-state index < -0.39 is 0 Å². The number of hydrogen-bond acceptors (Lipinski definition) is 6. The lowest BCUT2D eigenvalue weighted by atomic mass is 9.77. The van der Waals surface area contributed by atoms with Crippen LogP contribution in [0, 0.1) is 5.41 Å². The zero-order valence-electron chi connectivity index (χ0n) is 18.8. The Balaban J connectivity index is 1.23. The maximum Gasteiger partial charge on any atom is 0.162 e. The molecule has 0 N–H and O–H groups in total. The molecule has 3 aliphatic rings. The number of pyridine rings is 2. The van der Waals surface area contributed by atoms with Gasteiger partial charge in [-0.05, 0) is 62.3 Å². The van der Waals surface area contributed by atoms with Crippen LogP contribution in [-0.4, -0.2) is 57.1 Å². The molecular weight excluding hydrogens is 396 g/mol. The van der Waals surface area contributed by atoms with Crippen LogP contribution >= 0.6 is 0 Å². The molecule has 0 radical (unpaired) electrons. The first-order valence-corrected chi connectivity index (χ1v) is 12.3. The number of likely N-dealkylation sites (tertiary alicyclic amines) is 1. The van der Waals surface area contributed by atoms with Crippen LogP contribution in [0.1, 0.15) is 51.4 Å². The minimum atomic E-state index is 0.506. The van der Waals surface area contributed by atoms with Crippen molar-refractivity contribution < 1.29 is 0 Å². The number of aromatic nitrogens is 4. The summed E-state index contributed by atoms with van der Waals surface area (Å²) in [5.41, 5.74) is 2.42. The second-order valence-electron chi connectivity index (χ2n) is 10.00. The Morgan fingerprint density at radius 1 is 0.812 bits per heavy atom. The van der Waals surface area contributed by atoms with Crippen LogP contribution in [0.2, 0.25) is 0 Å². The molecule has 2 saturated heterocycles. The Morgan fingerprint density at radius 2 is 1.56 bits per heavy atom. The standard InChI is InChI=1S/C26H32N6/c1-2-4-21(5-3-1)32-17-11-26(19-32)9-15-31(16-10-26)25-22-8-14-28-18-23(22)29-24(30-25)20-6-12-27-13-7-20/h6-8,12-14,18,21H,1-5,9-11,15-17,19H2. The largest absolute Gasteiger partial charge is 0.356 e. The quantitative estimate of drug-likeness (QED) is 0.602. The Kier molecular flexibility index (Phi) is 5.26. The van der Waals surface area contributed by atoms with Gasteiger partial charge in [0.15, 0.2) is 5.82 Å². The molecular formula is C26H32N6. The molecule has 32 heavy (non-hydrogen) atoms. The summed E-state index contributed by atoms with van der Waals surface area (Å²) in [6.45, 7) is 4.76. The highest BCUT2D eigenvalue weighted by Crippen LogP contribution is 2.43. The van der Waals surface area contributed by atoms with Crippen LogP contribution in [0.15, 0.2) is 43.0 Å². The highest BCUT2D eigenvalue weighted by Gasteiger charge is 2.42. The third-order valence-electron chi connectivity index (χ3n) is 8.10. The maximum atomic E-state index is 5.05. The van der Waals surface area contributed by atoms with Crippen molar-refractivity contribution in [3.8, 4) is 11.4 Å². The minimum absolute atomic E-state index is 0.506. The van der Waals surface area contributed by atoms with Crippen LogP contribution < -0.4 is 4.90 Å². The van der Waals surface area contributed by atoms with Gasteiger partial charge in [0.25, 0.3) is 0 Å². The lowest BCUT2D eigenvalue weighted by Gasteiger charge is -2.41. The fourth-order valence-corrected chi connectivity index (χ4v) is 6.16. The van der Waals surface area contributed by atoms with Crippen molar-refractivity contribution in [1.82, 2.24) is 24.8 Å². The molecule has 6 heteroatoms. The summed E-state index contributed by atoms with van der Waals surface area (Å²) < 4.78 is 0. The van der Waals surface area contributed by atoms with Crippen molar-refractivity contribution in [2.75, 3.05) is 31.1 Å². The summed E-state index contributed by atoms with van der Waals surface area (Å²) in [5, 5.41) is 1.10. The first-order chi connectivity index (χ1) is 15.8. The van der Waals surface area contributed by atoms with Crippen molar-refractivity contribution in [3.63, 3.8) is 0 Å². The van der Waals surface area contributed by atoms with Gasteiger partial charge >= 0.3 is 0 Å². The van der Waals surface area contributed by atoms with Gasteiger partial charge in [-0.15, -0.1) is 0 Å². The molecule has 3 aromatic heterocycles. The van der Waals surface area contributed by atoms with Crippen molar-refractivity contribution >= 4 is 16.7 Å². The molecule has 166 valence electrons. The molecule has 5 heterocycles. The average Bonchev–Trinajstić information content (AvgIpc) is 3.28. The van der Waals surface area contributed by atoms with Gasteiger partial charge in [0.2, 0.25) is 0 Å². The van der Waals surface area contributed by atoms with E-state index in [2.05, 4.69) is 25.8 Å². The predicted octanol–water partition coefficient (Wildman–Crippen LogP) is 4.71. The van der Waals surface area contributed by atoms with Gasteiger partial charge in [0.1, 0.15) is 5.82 Å². The predicted molar refractivity (Wildman–Crippen MR) is 128 cm³/mol. The van der Waals surface area contributed by atoms with Crippen molar-refractivity contribution in [3.05, 3.63) is 43.0 Å². The lowest BCUT2D eigenvalue weighted by molar-refractivity contribution is 0.150. The summed E-state index contributed by atoms with van der Waals surface area (Å²) in [5.74, 6) is 1.81. The zero-order chi connectivity index (χ0) is 21.4. The smallest absolute Gasteiger partial charge is 0.162 e. The van der Waals surface area contributed by atoms with Crippen molar-refractivity contribution in [2.24, 2.45) is 5.41 Å². The first-order valence-electron chi connectivity index (χ1n) is 12.3. The van der Waals surface area contributed by atoms with E-state index >= 15 is 0 Å². The van der Waals surface area contributed by atoms with E-state index in [1.165, 1.54) is 64.5 Å². The Labute approximate surface area is 190 Å². The number of rotatable bonds is 3. The SMILES string of the molecule is c1cc(-c2nc(N3CCC4(CC3)CCN(C3CCCCC3)C4)c3ccncc3n2)ccn1. The Hall–Kier alpha value is -2.60. The van der Waals surface area contributed by atoms with E-state index in [0.717, 1.165) is 47.2 Å². The molecule has 3 fully saturated rings. The maximum absolute atomic E-state index is 5.05. The third-order valence-corrected chi connectivity index (χ3v) is 8.10. The van der Waals surface area contributed by atoms with Crippen LogP contribution in [-0.2, 0) is 0 Å². The van der Waals surface area contributed by atoms with Gasteiger partial charge < -0.3 is 4.90 Å². The van der Waals surface area contributed by atoms with Crippen LogP contribution in [0.3, 0.4) is 0 Å². The molecule has 0 aromatic carbocycles. The van der Waals surface area contributed by atoms with E-state index in [0.29, 0.717) is 5.41 Å². The molecule has 2 aliphatic heterocycles. The zero-order valence-corrected chi connectivity index (χ0v) is 18.8. The van der Waals surface area contributed by atoms with Gasteiger partial charge in [0.05, 0.1) is 11.7 Å². The molecule has 1 aliphatic carbocycles. The van der Waals surface area contributed by atoms with Gasteiger partial charge in [-0.25, -0.2) is 9.97 Å². The first kappa shape index (κ1) is 20.0. The van der Waals surface area contributed by atoms with Crippen molar-refractivity contribution in [2.45, 2.75) is 57.4 Å². The monoisotopic (exact) mass is 428 g/mol. The van der Waals surface area contributed by atoms with Gasteiger partial charge in [-0.1, -0.05) is 19.3 Å². The minimum Gasteiger partial charge on any atom is -0.356 e. The van der Waals surface area contributed by atoms with E-state index in [4.69, 9.17) is 9.97 Å². The number of nitrogens with zero attached hydrogens (tertiary/aromatic N) is 6. The van der Waals surface area contributed by atoms with Gasteiger partial charge in [-0.3, -0.25) is 14.9 Å². The summed E-state index contributed by atoms with van der Waals surface area (Å²) >= 11 is 0. The second kappa shape index (κ2) is 8.39. The number of fused-ring (bicyclic) bond motifs is 1. The summed E-state index contributed by atoms with van der Waals surface area (Å²) in [6.07, 6.45) is 18.3. The second-order valence-corrected chi connectivity index (χ2v) is 10.00. The van der Waals surface area contributed by atoms with Crippen LogP contribution in [0.25, 0.3) is 22.3 Å². The summed E-state index contributed by atoms with van der Waals surface area (Å²) in [6, 6.07) is 6.86. The molecule has 6 nitrogen and oxygen atoms in total. The van der Waals surface area contributed by atoms with E-state index in [9.17, 15) is 0 Å². The van der Waals surface area contributed by atoms with Crippen LogP contribution in [0.5, 0.6) is 0 Å². The molecule has 0 amide bonds. The fourth-order valence-electron chi connectivity index (χ4n) is 6.16. The van der Waals surface area contributed by atoms with E-state index in [1.807, 2.05) is 24.5 Å². The van der Waals surface area contributed by atoms with E-state index in [1.54, 1.807) is 12.4 Å². The number of hydrogen-bond donors (Lipinski definition) is 0. The molecule has 0 atom stereocenters. The molecule has 3 aromatic rings. The fraction of sp³-hybridized carbons (Fsp3) is 0.538. The number of anilines is 1. The summed E-state index contributed by atoms with van der Waals surface area (Å²) in [7, 11) is 0. The van der Waals surface area contributed by atoms with Crippen molar-refractivity contribution in [1.29, 1.82) is 0 Å². The molecule has 1 saturated carbocycles. The number of piperidine rings is 1. The average molecular weight is 429 g/mol. The van der Waals surface area contributed by atoms with E-state index in [-0.39, 0.29) is 0 Å². The van der Waals surface area contributed by atoms with Crippen LogP contribution in [0.4, 0.5) is 5.82 Å².